The van der Waals surface area contributed by atoms with Crippen LogP contribution in [0.5, 0.6) is 0 Å². The predicted octanol–water partition coefficient (Wildman–Crippen LogP) is 0.225. The Morgan fingerprint density at radius 3 is 2.40 bits per heavy atom. The molecule has 0 fully saturated rings. The van der Waals surface area contributed by atoms with Crippen LogP contribution in [0.15, 0.2) is 40.2 Å². The van der Waals surface area contributed by atoms with Gasteiger partial charge in [0.2, 0.25) is 0 Å². The lowest BCUT2D eigenvalue weighted by Crippen LogP contribution is -2.37. The maximum absolute atomic E-state index is 12.4. The maximum atomic E-state index is 12.4. The van der Waals surface area contributed by atoms with E-state index >= 15 is 0 Å². The topological polar surface area (TPSA) is 122 Å². The highest BCUT2D eigenvalue weighted by molar-refractivity contribution is 5.96. The van der Waals surface area contributed by atoms with Crippen molar-refractivity contribution >= 4 is 22.6 Å². The lowest BCUT2D eigenvalue weighted by atomic mass is 10.1. The fourth-order valence-corrected chi connectivity index (χ4v) is 2.53. The molecule has 128 valence electrons. The second kappa shape index (κ2) is 5.82. The van der Waals surface area contributed by atoms with Crippen LogP contribution in [0.1, 0.15) is 10.4 Å². The van der Waals surface area contributed by atoms with Gasteiger partial charge in [0.1, 0.15) is 0 Å². The molecule has 25 heavy (non-hydrogen) atoms. The quantitative estimate of drug-likeness (QED) is 0.379. The zero-order valence-electron chi connectivity index (χ0n) is 13.4. The predicted molar refractivity (Wildman–Crippen MR) is 87.6 cm³/mol. The number of carbonyl (C=O) groups is 1. The van der Waals surface area contributed by atoms with Crippen LogP contribution in [-0.2, 0) is 20.6 Å². The molecule has 0 aliphatic rings. The van der Waals surface area contributed by atoms with Crippen LogP contribution >= 0.6 is 0 Å². The molecule has 3 aromatic rings. The first-order valence-corrected chi connectivity index (χ1v) is 7.19. The van der Waals surface area contributed by atoms with Crippen molar-refractivity contribution in [2.75, 3.05) is 0 Å². The van der Waals surface area contributed by atoms with Gasteiger partial charge < -0.3 is 4.57 Å². The zero-order chi connectivity index (χ0) is 18.3. The Hall–Kier alpha value is -3.56. The summed E-state index contributed by atoms with van der Waals surface area (Å²) in [5, 5.41) is 10.7. The second-order valence-corrected chi connectivity index (χ2v) is 5.48. The Kier molecular flexibility index (Phi) is 3.79. The highest BCUT2D eigenvalue weighted by Crippen LogP contribution is 2.14. The first-order valence-electron chi connectivity index (χ1n) is 7.19. The lowest BCUT2D eigenvalue weighted by molar-refractivity contribution is -0.384. The number of carbonyl (C=O) groups excluding carboxylic acids is 1. The Balaban J connectivity index is 2.01. The molecule has 0 aliphatic carbocycles. The molecule has 0 spiro atoms. The van der Waals surface area contributed by atoms with Gasteiger partial charge in [-0.15, -0.1) is 0 Å². The van der Waals surface area contributed by atoms with E-state index in [2.05, 4.69) is 4.98 Å². The number of rotatable bonds is 4. The minimum absolute atomic E-state index is 0.117. The number of aryl methyl sites for hydroxylation is 1. The van der Waals surface area contributed by atoms with Gasteiger partial charge in [-0.05, 0) is 12.1 Å². The van der Waals surface area contributed by atoms with Crippen molar-refractivity contribution in [3.05, 3.63) is 67.1 Å². The number of aromatic nitrogens is 4. The highest BCUT2D eigenvalue weighted by atomic mass is 16.6. The van der Waals surface area contributed by atoms with Crippen LogP contribution in [0.3, 0.4) is 0 Å². The fourth-order valence-electron chi connectivity index (χ4n) is 2.53. The van der Waals surface area contributed by atoms with Crippen LogP contribution < -0.4 is 11.2 Å². The zero-order valence-corrected chi connectivity index (χ0v) is 13.4. The van der Waals surface area contributed by atoms with E-state index in [1.807, 2.05) is 0 Å². The van der Waals surface area contributed by atoms with Crippen molar-refractivity contribution in [1.82, 2.24) is 18.7 Å². The molecule has 0 unspecified atom stereocenters. The van der Waals surface area contributed by atoms with Gasteiger partial charge in [-0.25, -0.2) is 9.78 Å². The minimum Gasteiger partial charge on any atom is -0.317 e. The maximum Gasteiger partial charge on any atom is 0.332 e. The molecule has 0 aliphatic heterocycles. The summed E-state index contributed by atoms with van der Waals surface area (Å²) >= 11 is 0. The van der Waals surface area contributed by atoms with Crippen LogP contribution in [0.25, 0.3) is 11.2 Å². The standard InChI is InChI=1S/C15H13N5O5/c1-17-13-12(14(22)18(2)15(17)23)19(8-16-13)7-11(21)9-3-5-10(6-4-9)20(24)25/h3-6,8H,7H2,1-2H3. The van der Waals surface area contributed by atoms with Gasteiger partial charge in [0.25, 0.3) is 11.2 Å². The van der Waals surface area contributed by atoms with E-state index in [9.17, 15) is 24.5 Å². The van der Waals surface area contributed by atoms with E-state index in [0.29, 0.717) is 0 Å². The Bertz CT molecular complexity index is 1120. The third-order valence-corrected chi connectivity index (χ3v) is 3.93. The Morgan fingerprint density at radius 2 is 1.80 bits per heavy atom. The highest BCUT2D eigenvalue weighted by Gasteiger charge is 2.17. The lowest BCUT2D eigenvalue weighted by Gasteiger charge is -2.06. The van der Waals surface area contributed by atoms with E-state index in [4.69, 9.17) is 0 Å². The summed E-state index contributed by atoms with van der Waals surface area (Å²) in [4.78, 5) is 50.7. The number of ketones is 1. The van der Waals surface area contributed by atoms with Crippen LogP contribution in [0.2, 0.25) is 0 Å². The summed E-state index contributed by atoms with van der Waals surface area (Å²) in [6.07, 6.45) is 1.31. The van der Waals surface area contributed by atoms with Crippen molar-refractivity contribution in [3.63, 3.8) is 0 Å². The van der Waals surface area contributed by atoms with Crippen molar-refractivity contribution in [3.8, 4) is 0 Å². The van der Waals surface area contributed by atoms with Crippen molar-refractivity contribution in [2.45, 2.75) is 6.54 Å². The average molecular weight is 343 g/mol. The molecule has 10 heteroatoms. The molecule has 3 rings (SSSR count). The molecular weight excluding hydrogens is 330 g/mol. The number of fused-ring (bicyclic) bond motifs is 1. The third kappa shape index (κ3) is 2.63. The van der Waals surface area contributed by atoms with E-state index in [0.717, 1.165) is 4.57 Å². The second-order valence-electron chi connectivity index (χ2n) is 5.48. The van der Waals surface area contributed by atoms with Crippen LogP contribution in [0.4, 0.5) is 5.69 Å². The van der Waals surface area contributed by atoms with Crippen LogP contribution in [0, 0.1) is 10.1 Å². The normalized spacial score (nSPS) is 11.0. The van der Waals surface area contributed by atoms with Gasteiger partial charge in [0.15, 0.2) is 16.9 Å². The van der Waals surface area contributed by atoms with Gasteiger partial charge in [-0.3, -0.25) is 28.8 Å². The summed E-state index contributed by atoms with van der Waals surface area (Å²) in [6.45, 7) is -0.179. The number of hydrogen-bond donors (Lipinski definition) is 0. The van der Waals surface area contributed by atoms with E-state index in [1.165, 1.54) is 53.8 Å². The Labute approximate surface area is 139 Å². The molecule has 10 nitrogen and oxygen atoms in total. The molecule has 0 radical (unpaired) electrons. The molecule has 0 amide bonds. The smallest absolute Gasteiger partial charge is 0.317 e. The van der Waals surface area contributed by atoms with Gasteiger partial charge in [-0.1, -0.05) is 0 Å². The Morgan fingerprint density at radius 1 is 1.16 bits per heavy atom. The number of nitro benzene ring substituents is 1. The van der Waals surface area contributed by atoms with E-state index in [-0.39, 0.29) is 34.7 Å². The molecule has 2 aromatic heterocycles. The average Bonchev–Trinajstić information content (AvgIpc) is 3.01. The summed E-state index contributed by atoms with van der Waals surface area (Å²) in [6, 6.07) is 5.19. The molecule has 1 aromatic carbocycles. The van der Waals surface area contributed by atoms with Crippen LogP contribution in [-0.4, -0.2) is 29.4 Å². The largest absolute Gasteiger partial charge is 0.332 e. The summed E-state index contributed by atoms with van der Waals surface area (Å²) in [5.41, 5.74) is -0.580. The monoisotopic (exact) mass is 343 g/mol. The molecule has 0 saturated carbocycles. The molecule has 0 N–H and O–H groups in total. The van der Waals surface area contributed by atoms with Crippen molar-refractivity contribution < 1.29 is 9.72 Å². The van der Waals surface area contributed by atoms with Gasteiger partial charge >= 0.3 is 5.69 Å². The number of nitrogens with zero attached hydrogens (tertiary/aromatic N) is 5. The molecule has 0 atom stereocenters. The first kappa shape index (κ1) is 16.3. The minimum atomic E-state index is -0.554. The third-order valence-electron chi connectivity index (χ3n) is 3.93. The summed E-state index contributed by atoms with van der Waals surface area (Å²) in [5.74, 6) is -0.342. The number of nitro groups is 1. The van der Waals surface area contributed by atoms with Gasteiger partial charge in [-0.2, -0.15) is 0 Å². The first-order chi connectivity index (χ1) is 11.8. The molecule has 0 bridgehead atoms. The van der Waals surface area contributed by atoms with E-state index in [1.54, 1.807) is 0 Å². The number of hydrogen-bond acceptors (Lipinski definition) is 6. The number of non-ortho nitro benzene ring substituents is 1. The van der Waals surface area contributed by atoms with E-state index < -0.39 is 16.2 Å². The summed E-state index contributed by atoms with van der Waals surface area (Å²) in [7, 11) is 2.83. The van der Waals surface area contributed by atoms with Crippen molar-refractivity contribution in [2.24, 2.45) is 14.1 Å². The fraction of sp³-hybridized carbons (Fsp3) is 0.200. The van der Waals surface area contributed by atoms with Crippen molar-refractivity contribution in [1.29, 1.82) is 0 Å². The summed E-state index contributed by atoms with van der Waals surface area (Å²) < 4.78 is 3.53. The SMILES string of the molecule is Cn1c(=O)c2c(ncn2CC(=O)c2ccc([N+](=O)[O-])cc2)n(C)c1=O. The molecule has 0 saturated heterocycles. The molecule has 2 heterocycles. The van der Waals surface area contributed by atoms with Gasteiger partial charge in [0.05, 0.1) is 17.8 Å². The number of Topliss-reactive ketones (excluding diaryl/α,β-unsaturated/α-hetero) is 1. The molecular formula is C15H13N5O5. The number of imidazole rings is 1. The van der Waals surface area contributed by atoms with Gasteiger partial charge in [0, 0.05) is 31.8 Å². The number of benzene rings is 1.